The number of hydrogen-bond acceptors (Lipinski definition) is 2. The van der Waals surface area contributed by atoms with Gasteiger partial charge in [0, 0.05) is 0 Å². The van der Waals surface area contributed by atoms with E-state index in [1.54, 1.807) is 0 Å². The molecule has 2 unspecified atom stereocenters. The number of carboxylic acid groups (broad SMARTS) is 1. The Bertz CT molecular complexity index is 432. The van der Waals surface area contributed by atoms with Gasteiger partial charge in [-0.3, -0.25) is 4.79 Å². The average Bonchev–Trinajstić information content (AvgIpc) is 2.52. The van der Waals surface area contributed by atoms with Gasteiger partial charge in [-0.25, -0.2) is 0 Å². The molecule has 2 N–H and O–H groups in total. The van der Waals surface area contributed by atoms with Gasteiger partial charge < -0.3 is 10.4 Å². The molecule has 1 aliphatic rings. The fourth-order valence-corrected chi connectivity index (χ4v) is 3.36. The number of hydrogen-bond donors (Lipinski definition) is 2. The van der Waals surface area contributed by atoms with Gasteiger partial charge in [0.25, 0.3) is 0 Å². The lowest BCUT2D eigenvalue weighted by atomic mass is 9.80. The van der Waals surface area contributed by atoms with Gasteiger partial charge in [0.1, 0.15) is 6.04 Å². The maximum absolute atomic E-state index is 11.4. The van der Waals surface area contributed by atoms with Crippen molar-refractivity contribution in [2.75, 3.05) is 6.54 Å². The van der Waals surface area contributed by atoms with Crippen LogP contribution in [0.2, 0.25) is 0 Å². The van der Waals surface area contributed by atoms with E-state index >= 15 is 0 Å². The Morgan fingerprint density at radius 3 is 2.67 bits per heavy atom. The maximum Gasteiger partial charge on any atom is 0.321 e. The van der Waals surface area contributed by atoms with Gasteiger partial charge in [-0.05, 0) is 43.2 Å². The SMILES string of the molecule is CCC1CCCC(CN[C@H](Cc2ccccc2)C(=O)O)C1. The van der Waals surface area contributed by atoms with Crippen LogP contribution in [0.3, 0.4) is 0 Å². The van der Waals surface area contributed by atoms with Gasteiger partial charge in [-0.2, -0.15) is 0 Å². The molecule has 1 fully saturated rings. The number of rotatable bonds is 7. The first kappa shape index (κ1) is 16.0. The summed E-state index contributed by atoms with van der Waals surface area (Å²) in [6, 6.07) is 9.38. The third-order valence-electron chi connectivity index (χ3n) is 4.70. The molecule has 3 nitrogen and oxygen atoms in total. The van der Waals surface area contributed by atoms with Crippen molar-refractivity contribution in [3.8, 4) is 0 Å². The van der Waals surface area contributed by atoms with Crippen LogP contribution in [-0.4, -0.2) is 23.7 Å². The first-order valence-electron chi connectivity index (χ1n) is 8.19. The second kappa shape index (κ2) is 8.18. The van der Waals surface area contributed by atoms with Crippen LogP contribution in [0.25, 0.3) is 0 Å². The Hall–Kier alpha value is -1.35. The van der Waals surface area contributed by atoms with E-state index in [-0.39, 0.29) is 0 Å². The Labute approximate surface area is 127 Å². The largest absolute Gasteiger partial charge is 0.480 e. The second-order valence-electron chi connectivity index (χ2n) is 6.30. The summed E-state index contributed by atoms with van der Waals surface area (Å²) in [4.78, 5) is 11.4. The molecular weight excluding hydrogens is 262 g/mol. The summed E-state index contributed by atoms with van der Waals surface area (Å²) in [5.74, 6) is 0.728. The van der Waals surface area contributed by atoms with E-state index in [1.807, 2.05) is 30.3 Å². The Morgan fingerprint density at radius 1 is 1.29 bits per heavy atom. The molecule has 3 atom stereocenters. The Kier molecular flexibility index (Phi) is 6.24. The fraction of sp³-hybridized carbons (Fsp3) is 0.611. The van der Waals surface area contributed by atoms with E-state index in [0.717, 1.165) is 18.0 Å². The lowest BCUT2D eigenvalue weighted by Gasteiger charge is -2.29. The molecule has 0 bridgehead atoms. The van der Waals surface area contributed by atoms with Crippen LogP contribution in [0.4, 0.5) is 0 Å². The molecule has 0 heterocycles. The zero-order valence-corrected chi connectivity index (χ0v) is 12.9. The molecule has 3 heteroatoms. The molecule has 2 rings (SSSR count). The summed E-state index contributed by atoms with van der Waals surface area (Å²) in [5.41, 5.74) is 1.08. The molecule has 21 heavy (non-hydrogen) atoms. The van der Waals surface area contributed by atoms with Crippen LogP contribution in [0.5, 0.6) is 0 Å². The minimum absolute atomic E-state index is 0.477. The number of aliphatic carboxylic acids is 1. The topological polar surface area (TPSA) is 49.3 Å². The van der Waals surface area contributed by atoms with Crippen LogP contribution in [0.1, 0.15) is 44.6 Å². The standard InChI is InChI=1S/C18H27NO2/c1-2-14-9-6-10-16(11-14)13-19-17(18(20)21)12-15-7-4-3-5-8-15/h3-5,7-8,14,16-17,19H,2,6,9-13H2,1H3,(H,20,21)/t14?,16?,17-/m1/s1. The van der Waals surface area contributed by atoms with Crippen LogP contribution >= 0.6 is 0 Å². The molecular formula is C18H27NO2. The summed E-state index contributed by atoms with van der Waals surface area (Å²) in [6.07, 6.45) is 6.94. The van der Waals surface area contributed by atoms with Crippen molar-refractivity contribution in [1.29, 1.82) is 0 Å². The van der Waals surface area contributed by atoms with E-state index in [4.69, 9.17) is 0 Å². The van der Waals surface area contributed by atoms with Gasteiger partial charge in [-0.15, -0.1) is 0 Å². The molecule has 0 spiro atoms. The predicted molar refractivity (Wildman–Crippen MR) is 85.3 cm³/mol. The molecule has 1 aromatic carbocycles. The van der Waals surface area contributed by atoms with Gasteiger partial charge in [0.2, 0.25) is 0 Å². The minimum atomic E-state index is -0.748. The van der Waals surface area contributed by atoms with Crippen LogP contribution in [-0.2, 0) is 11.2 Å². The van der Waals surface area contributed by atoms with E-state index in [2.05, 4.69) is 12.2 Å². The van der Waals surface area contributed by atoms with Crippen molar-refractivity contribution in [1.82, 2.24) is 5.32 Å². The maximum atomic E-state index is 11.4. The van der Waals surface area contributed by atoms with Crippen molar-refractivity contribution in [2.24, 2.45) is 11.8 Å². The molecule has 0 radical (unpaired) electrons. The average molecular weight is 289 g/mol. The lowest BCUT2D eigenvalue weighted by Crippen LogP contribution is -2.41. The molecule has 0 aromatic heterocycles. The number of carboxylic acids is 1. The number of nitrogens with one attached hydrogen (secondary N) is 1. The van der Waals surface area contributed by atoms with Gasteiger partial charge in [-0.1, -0.05) is 56.5 Å². The Balaban J connectivity index is 1.84. The molecule has 1 aliphatic carbocycles. The zero-order chi connectivity index (χ0) is 15.1. The first-order chi connectivity index (χ1) is 10.2. The van der Waals surface area contributed by atoms with E-state index in [9.17, 15) is 9.90 Å². The quantitative estimate of drug-likeness (QED) is 0.808. The monoisotopic (exact) mass is 289 g/mol. The summed E-state index contributed by atoms with van der Waals surface area (Å²) >= 11 is 0. The van der Waals surface area contributed by atoms with Gasteiger partial charge in [0.05, 0.1) is 0 Å². The smallest absolute Gasteiger partial charge is 0.321 e. The summed E-state index contributed by atoms with van der Waals surface area (Å²) in [7, 11) is 0. The van der Waals surface area contributed by atoms with Crippen molar-refractivity contribution in [3.63, 3.8) is 0 Å². The third-order valence-corrected chi connectivity index (χ3v) is 4.70. The van der Waals surface area contributed by atoms with Crippen molar-refractivity contribution in [3.05, 3.63) is 35.9 Å². The highest BCUT2D eigenvalue weighted by atomic mass is 16.4. The third kappa shape index (κ3) is 5.16. The van der Waals surface area contributed by atoms with Gasteiger partial charge >= 0.3 is 5.97 Å². The molecule has 1 aromatic rings. The highest BCUT2D eigenvalue weighted by Crippen LogP contribution is 2.30. The zero-order valence-electron chi connectivity index (χ0n) is 12.9. The van der Waals surface area contributed by atoms with Crippen molar-refractivity contribution >= 4 is 5.97 Å². The first-order valence-corrected chi connectivity index (χ1v) is 8.19. The fourth-order valence-electron chi connectivity index (χ4n) is 3.36. The molecule has 1 saturated carbocycles. The van der Waals surface area contributed by atoms with Crippen molar-refractivity contribution < 1.29 is 9.90 Å². The summed E-state index contributed by atoms with van der Waals surface area (Å²) in [5, 5.41) is 12.7. The summed E-state index contributed by atoms with van der Waals surface area (Å²) in [6.45, 7) is 3.09. The van der Waals surface area contributed by atoms with E-state index < -0.39 is 12.0 Å². The predicted octanol–water partition coefficient (Wildman–Crippen LogP) is 3.49. The molecule has 0 saturated heterocycles. The van der Waals surface area contributed by atoms with Crippen molar-refractivity contribution in [2.45, 2.75) is 51.5 Å². The number of benzene rings is 1. The molecule has 0 aliphatic heterocycles. The van der Waals surface area contributed by atoms with Gasteiger partial charge in [0.15, 0.2) is 0 Å². The van der Waals surface area contributed by atoms with E-state index in [1.165, 1.54) is 32.1 Å². The van der Waals surface area contributed by atoms with Crippen LogP contribution in [0, 0.1) is 11.8 Å². The Morgan fingerprint density at radius 2 is 2.00 bits per heavy atom. The van der Waals surface area contributed by atoms with Crippen LogP contribution < -0.4 is 5.32 Å². The highest BCUT2D eigenvalue weighted by molar-refractivity contribution is 5.73. The van der Waals surface area contributed by atoms with E-state index in [0.29, 0.717) is 12.3 Å². The number of carbonyl (C=O) groups is 1. The minimum Gasteiger partial charge on any atom is -0.480 e. The lowest BCUT2D eigenvalue weighted by molar-refractivity contribution is -0.139. The molecule has 116 valence electrons. The van der Waals surface area contributed by atoms with Crippen LogP contribution in [0.15, 0.2) is 30.3 Å². The molecule has 0 amide bonds. The summed E-state index contributed by atoms with van der Waals surface area (Å²) < 4.78 is 0. The second-order valence-corrected chi connectivity index (χ2v) is 6.30. The normalized spacial score (nSPS) is 23.7. The highest BCUT2D eigenvalue weighted by Gasteiger charge is 2.23.